The van der Waals surface area contributed by atoms with Gasteiger partial charge in [0.15, 0.2) is 5.70 Å². The summed E-state index contributed by atoms with van der Waals surface area (Å²) < 4.78 is 10.8. The number of esters is 1. The Morgan fingerprint density at radius 2 is 1.92 bits per heavy atom. The maximum atomic E-state index is 12.0. The second-order valence-corrected chi connectivity index (χ2v) is 5.64. The number of benzene rings is 2. The quantitative estimate of drug-likeness (QED) is 0.595. The number of carbonyl (C=O) groups is 1. The van der Waals surface area contributed by atoms with E-state index in [1.807, 2.05) is 36.4 Å². The van der Waals surface area contributed by atoms with E-state index in [1.165, 1.54) is 0 Å². The van der Waals surface area contributed by atoms with E-state index < -0.39 is 5.97 Å². The molecule has 1 aliphatic heterocycles. The molecular formula is C19H16ClNO3. The molecule has 122 valence electrons. The zero-order valence-corrected chi connectivity index (χ0v) is 13.9. The fraction of sp³-hybridized carbons (Fsp3) is 0.158. The lowest BCUT2D eigenvalue weighted by molar-refractivity contribution is -0.129. The summed E-state index contributed by atoms with van der Waals surface area (Å²) in [6.45, 7) is 2.73. The van der Waals surface area contributed by atoms with Gasteiger partial charge < -0.3 is 9.47 Å². The average molecular weight is 342 g/mol. The van der Waals surface area contributed by atoms with Crippen LogP contribution in [-0.2, 0) is 9.53 Å². The molecule has 1 aliphatic rings. The van der Waals surface area contributed by atoms with Gasteiger partial charge >= 0.3 is 5.97 Å². The molecule has 0 fully saturated rings. The van der Waals surface area contributed by atoms with Crippen LogP contribution in [0.1, 0.15) is 24.5 Å². The Morgan fingerprint density at radius 3 is 2.62 bits per heavy atom. The number of hydrogen-bond acceptors (Lipinski definition) is 4. The third-order valence-corrected chi connectivity index (χ3v) is 3.71. The number of hydrogen-bond donors (Lipinski definition) is 0. The van der Waals surface area contributed by atoms with Crippen molar-refractivity contribution in [2.75, 3.05) is 6.61 Å². The number of ether oxygens (including phenoxy) is 2. The molecule has 2 aromatic rings. The monoisotopic (exact) mass is 341 g/mol. The first-order chi connectivity index (χ1) is 11.7. The van der Waals surface area contributed by atoms with Crippen molar-refractivity contribution in [2.24, 2.45) is 4.99 Å². The number of aliphatic imine (C=N–C) groups is 1. The Morgan fingerprint density at radius 1 is 1.17 bits per heavy atom. The van der Waals surface area contributed by atoms with Crippen LogP contribution < -0.4 is 4.74 Å². The Bertz CT molecular complexity index is 810. The molecule has 0 aromatic heterocycles. The van der Waals surface area contributed by atoms with Gasteiger partial charge in [-0.3, -0.25) is 0 Å². The maximum absolute atomic E-state index is 12.0. The highest BCUT2D eigenvalue weighted by atomic mass is 35.5. The number of cyclic esters (lactones) is 1. The minimum absolute atomic E-state index is 0.222. The highest BCUT2D eigenvalue weighted by Crippen LogP contribution is 2.24. The minimum Gasteiger partial charge on any atom is -0.494 e. The van der Waals surface area contributed by atoms with Gasteiger partial charge in [0.1, 0.15) is 5.75 Å². The van der Waals surface area contributed by atoms with Gasteiger partial charge in [0.25, 0.3) is 0 Å². The van der Waals surface area contributed by atoms with E-state index in [1.54, 1.807) is 18.2 Å². The van der Waals surface area contributed by atoms with E-state index in [-0.39, 0.29) is 11.6 Å². The third-order valence-electron chi connectivity index (χ3n) is 3.38. The summed E-state index contributed by atoms with van der Waals surface area (Å²) in [7, 11) is 0. The Labute approximate surface area is 145 Å². The molecule has 0 saturated heterocycles. The zero-order valence-electron chi connectivity index (χ0n) is 13.2. The zero-order chi connectivity index (χ0) is 16.9. The van der Waals surface area contributed by atoms with Gasteiger partial charge in [0, 0.05) is 0 Å². The van der Waals surface area contributed by atoms with E-state index in [0.29, 0.717) is 17.2 Å². The lowest BCUT2D eigenvalue weighted by Crippen LogP contribution is -2.05. The molecule has 1 heterocycles. The van der Waals surface area contributed by atoms with E-state index in [0.717, 1.165) is 17.7 Å². The molecule has 0 radical (unpaired) electrons. The first kappa shape index (κ1) is 16.3. The second-order valence-electron chi connectivity index (χ2n) is 5.23. The van der Waals surface area contributed by atoms with Crippen LogP contribution in [0.2, 0.25) is 5.02 Å². The van der Waals surface area contributed by atoms with Crippen LogP contribution in [0.5, 0.6) is 5.75 Å². The number of halogens is 1. The molecule has 0 atom stereocenters. The summed E-state index contributed by atoms with van der Waals surface area (Å²) in [6.07, 6.45) is 2.63. The second kappa shape index (κ2) is 7.32. The van der Waals surface area contributed by atoms with Gasteiger partial charge in [0.2, 0.25) is 5.90 Å². The fourth-order valence-corrected chi connectivity index (χ4v) is 2.41. The predicted molar refractivity (Wildman–Crippen MR) is 94.3 cm³/mol. The maximum Gasteiger partial charge on any atom is 0.363 e. The molecule has 0 saturated carbocycles. The highest BCUT2D eigenvalue weighted by molar-refractivity contribution is 6.34. The fourth-order valence-electron chi connectivity index (χ4n) is 2.20. The van der Waals surface area contributed by atoms with Gasteiger partial charge in [-0.1, -0.05) is 42.8 Å². The van der Waals surface area contributed by atoms with Crippen molar-refractivity contribution >= 4 is 29.5 Å². The number of carbonyl (C=O) groups excluding carboxylic acids is 1. The molecular weight excluding hydrogens is 326 g/mol. The Kier molecular flexibility index (Phi) is 4.96. The van der Waals surface area contributed by atoms with Crippen molar-refractivity contribution in [3.63, 3.8) is 0 Å². The van der Waals surface area contributed by atoms with Crippen LogP contribution in [0, 0.1) is 0 Å². The summed E-state index contributed by atoms with van der Waals surface area (Å²) in [5.41, 5.74) is 1.68. The molecule has 0 amide bonds. The Balaban J connectivity index is 1.82. The van der Waals surface area contributed by atoms with Crippen molar-refractivity contribution in [1.29, 1.82) is 0 Å². The third kappa shape index (κ3) is 3.66. The smallest absolute Gasteiger partial charge is 0.363 e. The first-order valence-corrected chi connectivity index (χ1v) is 8.05. The summed E-state index contributed by atoms with van der Waals surface area (Å²) in [5.74, 6) is 0.532. The van der Waals surface area contributed by atoms with Gasteiger partial charge in [0.05, 0.1) is 17.2 Å². The summed E-state index contributed by atoms with van der Waals surface area (Å²) in [6, 6.07) is 14.6. The van der Waals surface area contributed by atoms with Crippen LogP contribution in [0.3, 0.4) is 0 Å². The van der Waals surface area contributed by atoms with Crippen LogP contribution >= 0.6 is 11.6 Å². The van der Waals surface area contributed by atoms with Crippen molar-refractivity contribution in [1.82, 2.24) is 0 Å². The topological polar surface area (TPSA) is 47.9 Å². The van der Waals surface area contributed by atoms with Crippen molar-refractivity contribution in [2.45, 2.75) is 13.3 Å². The number of nitrogens with zero attached hydrogens (tertiary/aromatic N) is 1. The normalized spacial score (nSPS) is 15.3. The molecule has 5 heteroatoms. The van der Waals surface area contributed by atoms with Gasteiger partial charge in [-0.05, 0) is 42.3 Å². The molecule has 0 N–H and O–H groups in total. The molecule has 2 aromatic carbocycles. The summed E-state index contributed by atoms with van der Waals surface area (Å²) in [4.78, 5) is 16.3. The van der Waals surface area contributed by atoms with Crippen LogP contribution in [-0.4, -0.2) is 18.5 Å². The van der Waals surface area contributed by atoms with E-state index in [4.69, 9.17) is 21.1 Å². The standard InChI is InChI=1S/C19H16ClNO3/c1-2-11-23-14-9-7-13(8-10-14)12-17-19(22)24-18(21-17)15-5-3-4-6-16(15)20/h3-10,12H,2,11H2,1H3/b17-12-. The average Bonchev–Trinajstić information content (AvgIpc) is 2.95. The van der Waals surface area contributed by atoms with Crippen molar-refractivity contribution in [3.05, 3.63) is 70.4 Å². The molecule has 3 rings (SSSR count). The van der Waals surface area contributed by atoms with Crippen molar-refractivity contribution < 1.29 is 14.3 Å². The number of rotatable bonds is 5. The van der Waals surface area contributed by atoms with Crippen LogP contribution in [0.15, 0.2) is 59.2 Å². The van der Waals surface area contributed by atoms with Gasteiger partial charge in [-0.25, -0.2) is 9.79 Å². The summed E-state index contributed by atoms with van der Waals surface area (Å²) >= 11 is 6.11. The van der Waals surface area contributed by atoms with Crippen LogP contribution in [0.4, 0.5) is 0 Å². The first-order valence-electron chi connectivity index (χ1n) is 7.67. The predicted octanol–water partition coefficient (Wildman–Crippen LogP) is 4.47. The molecule has 0 bridgehead atoms. The van der Waals surface area contributed by atoms with E-state index in [2.05, 4.69) is 11.9 Å². The largest absolute Gasteiger partial charge is 0.494 e. The lowest BCUT2D eigenvalue weighted by atomic mass is 10.2. The SMILES string of the molecule is CCCOc1ccc(/C=C2\N=C(c3ccccc3Cl)OC2=O)cc1. The van der Waals surface area contributed by atoms with E-state index in [9.17, 15) is 4.79 Å². The van der Waals surface area contributed by atoms with Gasteiger partial charge in [-0.15, -0.1) is 0 Å². The molecule has 0 unspecified atom stereocenters. The lowest BCUT2D eigenvalue weighted by Gasteiger charge is -2.04. The molecule has 0 aliphatic carbocycles. The Hall–Kier alpha value is -2.59. The summed E-state index contributed by atoms with van der Waals surface area (Å²) in [5, 5.41) is 0.489. The highest BCUT2D eigenvalue weighted by Gasteiger charge is 2.25. The molecule has 0 spiro atoms. The molecule has 24 heavy (non-hydrogen) atoms. The van der Waals surface area contributed by atoms with E-state index >= 15 is 0 Å². The van der Waals surface area contributed by atoms with Crippen molar-refractivity contribution in [3.8, 4) is 5.75 Å². The molecule has 4 nitrogen and oxygen atoms in total. The minimum atomic E-state index is -0.490. The van der Waals surface area contributed by atoms with Gasteiger partial charge in [-0.2, -0.15) is 0 Å². The van der Waals surface area contributed by atoms with Crippen LogP contribution in [0.25, 0.3) is 6.08 Å².